The largest absolute Gasteiger partial charge is 0.497 e. The van der Waals surface area contributed by atoms with Gasteiger partial charge in [-0.15, -0.1) is 24.8 Å². The van der Waals surface area contributed by atoms with Crippen molar-refractivity contribution in [1.82, 2.24) is 15.5 Å². The SMILES string of the molecule is COc1ccc(C(CNC(=O)C2CCCNC2)N2CCOCC2)cc1.Cl.Cl. The third-order valence-corrected chi connectivity index (χ3v) is 5.12. The number of ether oxygens (including phenoxy) is 2. The minimum Gasteiger partial charge on any atom is -0.497 e. The van der Waals surface area contributed by atoms with Crippen LogP contribution < -0.4 is 15.4 Å². The molecule has 8 heteroatoms. The monoisotopic (exact) mass is 419 g/mol. The van der Waals surface area contributed by atoms with Crippen LogP contribution in [0.15, 0.2) is 24.3 Å². The van der Waals surface area contributed by atoms with Crippen LogP contribution in [0.4, 0.5) is 0 Å². The van der Waals surface area contributed by atoms with Crippen LogP contribution >= 0.6 is 24.8 Å². The van der Waals surface area contributed by atoms with Gasteiger partial charge in [0.05, 0.1) is 32.3 Å². The number of nitrogens with zero attached hydrogens (tertiary/aromatic N) is 1. The van der Waals surface area contributed by atoms with Crippen molar-refractivity contribution in [2.75, 3.05) is 53.0 Å². The fraction of sp³-hybridized carbons (Fsp3) is 0.632. The Bertz CT molecular complexity index is 548. The second kappa shape index (κ2) is 12.4. The molecule has 3 rings (SSSR count). The summed E-state index contributed by atoms with van der Waals surface area (Å²) in [6, 6.07) is 8.31. The number of benzene rings is 1. The molecular weight excluding hydrogens is 389 g/mol. The van der Waals surface area contributed by atoms with E-state index in [0.29, 0.717) is 6.54 Å². The lowest BCUT2D eigenvalue weighted by Gasteiger charge is -2.35. The van der Waals surface area contributed by atoms with Crippen LogP contribution in [0.2, 0.25) is 0 Å². The maximum atomic E-state index is 12.5. The number of amides is 1. The molecule has 0 radical (unpaired) electrons. The Hall–Kier alpha value is -1.05. The average molecular weight is 420 g/mol. The normalized spacial score (nSPS) is 21.3. The summed E-state index contributed by atoms with van der Waals surface area (Å²) in [4.78, 5) is 14.9. The van der Waals surface area contributed by atoms with Crippen molar-refractivity contribution in [3.8, 4) is 5.75 Å². The first kappa shape index (κ1) is 24.0. The molecular formula is C19H31Cl2N3O3. The standard InChI is InChI=1S/C19H29N3O3.2ClH/c1-24-17-6-4-15(5-7-17)18(22-9-11-25-12-10-22)14-21-19(23)16-3-2-8-20-13-16;;/h4-7,16,18,20H,2-3,8-14H2,1H3,(H,21,23);2*1H. The van der Waals surface area contributed by atoms with Gasteiger partial charge in [-0.1, -0.05) is 12.1 Å². The Kier molecular flexibility index (Phi) is 11.0. The number of hydrogen-bond acceptors (Lipinski definition) is 5. The number of methoxy groups -OCH3 is 1. The van der Waals surface area contributed by atoms with Crippen molar-refractivity contribution in [1.29, 1.82) is 0 Å². The van der Waals surface area contributed by atoms with Crippen molar-refractivity contribution < 1.29 is 14.3 Å². The van der Waals surface area contributed by atoms with Crippen LogP contribution in [0.5, 0.6) is 5.75 Å². The number of rotatable bonds is 6. The molecule has 1 aromatic carbocycles. The molecule has 6 nitrogen and oxygen atoms in total. The predicted octanol–water partition coefficient (Wildman–Crippen LogP) is 2.03. The second-order valence-corrected chi connectivity index (χ2v) is 6.73. The van der Waals surface area contributed by atoms with E-state index in [1.54, 1.807) is 7.11 Å². The third-order valence-electron chi connectivity index (χ3n) is 5.12. The highest BCUT2D eigenvalue weighted by atomic mass is 35.5. The first-order valence-corrected chi connectivity index (χ1v) is 9.22. The Labute approximate surface area is 174 Å². The summed E-state index contributed by atoms with van der Waals surface area (Å²) in [7, 11) is 1.67. The van der Waals surface area contributed by atoms with E-state index in [2.05, 4.69) is 27.7 Å². The molecule has 1 amide bonds. The summed E-state index contributed by atoms with van der Waals surface area (Å²) in [5.41, 5.74) is 1.20. The van der Waals surface area contributed by atoms with Gasteiger partial charge in [0.2, 0.25) is 5.91 Å². The molecule has 0 aromatic heterocycles. The van der Waals surface area contributed by atoms with E-state index in [9.17, 15) is 4.79 Å². The van der Waals surface area contributed by atoms with Crippen molar-refractivity contribution >= 4 is 30.7 Å². The molecule has 154 valence electrons. The number of carbonyl (C=O) groups is 1. The van der Waals surface area contributed by atoms with Gasteiger partial charge in [0.15, 0.2) is 0 Å². The van der Waals surface area contributed by atoms with E-state index in [0.717, 1.165) is 58.0 Å². The highest BCUT2D eigenvalue weighted by Gasteiger charge is 2.26. The Morgan fingerprint density at radius 3 is 2.59 bits per heavy atom. The first-order valence-electron chi connectivity index (χ1n) is 9.22. The minimum absolute atomic E-state index is 0. The quantitative estimate of drug-likeness (QED) is 0.738. The molecule has 0 bridgehead atoms. The van der Waals surface area contributed by atoms with Gasteiger partial charge in [-0.2, -0.15) is 0 Å². The summed E-state index contributed by atoms with van der Waals surface area (Å²) < 4.78 is 10.7. The van der Waals surface area contributed by atoms with Gasteiger partial charge >= 0.3 is 0 Å². The van der Waals surface area contributed by atoms with Gasteiger partial charge in [0.1, 0.15) is 5.75 Å². The van der Waals surface area contributed by atoms with Crippen molar-refractivity contribution in [3.05, 3.63) is 29.8 Å². The van der Waals surface area contributed by atoms with E-state index in [1.165, 1.54) is 5.56 Å². The maximum absolute atomic E-state index is 12.5. The fourth-order valence-corrected chi connectivity index (χ4v) is 3.59. The van der Waals surface area contributed by atoms with E-state index in [1.807, 2.05) is 12.1 Å². The van der Waals surface area contributed by atoms with Crippen LogP contribution in [0.25, 0.3) is 0 Å². The zero-order chi connectivity index (χ0) is 17.5. The first-order chi connectivity index (χ1) is 12.3. The smallest absolute Gasteiger partial charge is 0.224 e. The zero-order valence-electron chi connectivity index (χ0n) is 15.8. The van der Waals surface area contributed by atoms with Crippen LogP contribution in [-0.2, 0) is 9.53 Å². The molecule has 2 aliphatic rings. The molecule has 2 heterocycles. The molecule has 2 N–H and O–H groups in total. The lowest BCUT2D eigenvalue weighted by molar-refractivity contribution is -0.125. The van der Waals surface area contributed by atoms with Crippen molar-refractivity contribution in [2.24, 2.45) is 5.92 Å². The lowest BCUT2D eigenvalue weighted by atomic mass is 9.98. The summed E-state index contributed by atoms with van der Waals surface area (Å²) >= 11 is 0. The summed E-state index contributed by atoms with van der Waals surface area (Å²) in [5, 5.41) is 6.49. The highest BCUT2D eigenvalue weighted by Crippen LogP contribution is 2.24. The summed E-state index contributed by atoms with van der Waals surface area (Å²) in [5.74, 6) is 1.11. The highest BCUT2D eigenvalue weighted by molar-refractivity contribution is 5.85. The molecule has 1 aromatic rings. The number of piperidine rings is 1. The van der Waals surface area contributed by atoms with Crippen LogP contribution in [0.1, 0.15) is 24.4 Å². The number of hydrogen-bond donors (Lipinski definition) is 2. The Morgan fingerprint density at radius 2 is 2.00 bits per heavy atom. The van der Waals surface area contributed by atoms with Crippen molar-refractivity contribution in [3.63, 3.8) is 0 Å². The summed E-state index contributed by atoms with van der Waals surface area (Å²) in [6.07, 6.45) is 2.05. The van der Waals surface area contributed by atoms with Crippen LogP contribution in [-0.4, -0.2) is 63.9 Å². The van der Waals surface area contributed by atoms with E-state index in [-0.39, 0.29) is 42.7 Å². The zero-order valence-corrected chi connectivity index (χ0v) is 17.4. The number of carbonyl (C=O) groups excluding carboxylic acids is 1. The Morgan fingerprint density at radius 1 is 1.30 bits per heavy atom. The molecule has 2 unspecified atom stereocenters. The number of nitrogens with one attached hydrogen (secondary N) is 2. The van der Waals surface area contributed by atoms with Crippen molar-refractivity contribution in [2.45, 2.75) is 18.9 Å². The van der Waals surface area contributed by atoms with Gasteiger partial charge in [-0.3, -0.25) is 9.69 Å². The van der Waals surface area contributed by atoms with E-state index in [4.69, 9.17) is 9.47 Å². The number of halogens is 2. The van der Waals surface area contributed by atoms with E-state index >= 15 is 0 Å². The molecule has 0 saturated carbocycles. The van der Waals surface area contributed by atoms with Gasteiger partial charge in [0, 0.05) is 26.2 Å². The fourth-order valence-electron chi connectivity index (χ4n) is 3.59. The van der Waals surface area contributed by atoms with Gasteiger partial charge in [-0.05, 0) is 37.1 Å². The van der Waals surface area contributed by atoms with E-state index < -0.39 is 0 Å². The minimum atomic E-state index is 0. The Balaban J connectivity index is 0.00000182. The topological polar surface area (TPSA) is 62.8 Å². The maximum Gasteiger partial charge on any atom is 0.224 e. The lowest BCUT2D eigenvalue weighted by Crippen LogP contribution is -2.46. The molecule has 2 aliphatic heterocycles. The molecule has 27 heavy (non-hydrogen) atoms. The number of morpholine rings is 1. The molecule has 2 fully saturated rings. The third kappa shape index (κ3) is 6.80. The second-order valence-electron chi connectivity index (χ2n) is 6.73. The van der Waals surface area contributed by atoms with Gasteiger partial charge < -0.3 is 20.1 Å². The molecule has 0 spiro atoms. The molecule has 2 atom stereocenters. The average Bonchev–Trinajstić information content (AvgIpc) is 2.70. The van der Waals surface area contributed by atoms with Crippen LogP contribution in [0, 0.1) is 5.92 Å². The van der Waals surface area contributed by atoms with Gasteiger partial charge in [0.25, 0.3) is 0 Å². The molecule has 0 aliphatic carbocycles. The van der Waals surface area contributed by atoms with Crippen LogP contribution in [0.3, 0.4) is 0 Å². The summed E-state index contributed by atoms with van der Waals surface area (Å²) in [6.45, 7) is 5.69. The van der Waals surface area contributed by atoms with Gasteiger partial charge in [-0.25, -0.2) is 0 Å². The molecule has 2 saturated heterocycles. The predicted molar refractivity (Wildman–Crippen MR) is 111 cm³/mol.